The largest absolute Gasteiger partial charge is 0.434 e. The predicted octanol–water partition coefficient (Wildman–Crippen LogP) is 4.66. The van der Waals surface area contributed by atoms with E-state index in [4.69, 9.17) is 10.00 Å². The third-order valence-corrected chi connectivity index (χ3v) is 3.93. The van der Waals surface area contributed by atoms with Gasteiger partial charge in [-0.3, -0.25) is 0 Å². The van der Waals surface area contributed by atoms with Crippen molar-refractivity contribution in [1.82, 2.24) is 9.55 Å². The first-order valence-corrected chi connectivity index (χ1v) is 8.24. The minimum absolute atomic E-state index is 0.190. The fraction of sp³-hybridized carbons (Fsp3) is 0.200. The van der Waals surface area contributed by atoms with Gasteiger partial charge in [0.25, 0.3) is 0 Å². The molecule has 4 nitrogen and oxygen atoms in total. The number of nitrogens with zero attached hydrogens (tertiary/aromatic N) is 3. The van der Waals surface area contributed by atoms with E-state index in [0.29, 0.717) is 17.7 Å². The zero-order valence-electron chi connectivity index (χ0n) is 14.3. The Morgan fingerprint density at radius 3 is 2.37 bits per heavy atom. The molecule has 27 heavy (non-hydrogen) atoms. The molecule has 0 amide bonds. The molecule has 138 valence electrons. The molecule has 0 aliphatic heterocycles. The number of aromatic nitrogens is 2. The fourth-order valence-corrected chi connectivity index (χ4v) is 2.57. The zero-order chi connectivity index (χ0) is 19.3. The van der Waals surface area contributed by atoms with Crippen molar-refractivity contribution in [3.63, 3.8) is 0 Å². The minimum Gasteiger partial charge on any atom is -0.375 e. The molecule has 1 aromatic heterocycles. The molecule has 2 aromatic carbocycles. The highest BCUT2D eigenvalue weighted by Gasteiger charge is 2.34. The third-order valence-electron chi connectivity index (χ3n) is 3.93. The standard InChI is InChI=1S/C20H16F3N3O/c21-20(22,23)18-13-26(10-11-27-14-16-4-2-1-3-5-16)19(25-18)17-8-6-15(12-24)7-9-17/h1-9,13H,10-11,14H2. The zero-order valence-corrected chi connectivity index (χ0v) is 14.3. The number of halogens is 3. The molecular weight excluding hydrogens is 355 g/mol. The summed E-state index contributed by atoms with van der Waals surface area (Å²) in [6.45, 7) is 0.852. The number of imidazole rings is 1. The SMILES string of the molecule is N#Cc1ccc(-c2nc(C(F)(F)F)cn2CCOCc2ccccc2)cc1. The minimum atomic E-state index is -4.53. The Hall–Kier alpha value is -3.11. The predicted molar refractivity (Wildman–Crippen MR) is 93.5 cm³/mol. The van der Waals surface area contributed by atoms with Crippen LogP contribution in [0.1, 0.15) is 16.8 Å². The molecule has 0 saturated carbocycles. The first-order chi connectivity index (χ1) is 13.0. The van der Waals surface area contributed by atoms with Gasteiger partial charge in [-0.25, -0.2) is 4.98 Å². The molecule has 1 heterocycles. The molecule has 0 saturated heterocycles. The van der Waals surface area contributed by atoms with Crippen LogP contribution >= 0.6 is 0 Å². The summed E-state index contributed by atoms with van der Waals surface area (Å²) in [7, 11) is 0. The van der Waals surface area contributed by atoms with Crippen LogP contribution in [-0.4, -0.2) is 16.2 Å². The van der Waals surface area contributed by atoms with Crippen molar-refractivity contribution in [3.8, 4) is 17.5 Å². The first kappa shape index (κ1) is 18.7. The Morgan fingerprint density at radius 1 is 1.04 bits per heavy atom. The molecule has 0 aliphatic rings. The molecule has 0 N–H and O–H groups in total. The van der Waals surface area contributed by atoms with E-state index < -0.39 is 11.9 Å². The number of nitriles is 1. The van der Waals surface area contributed by atoms with Crippen LogP contribution < -0.4 is 0 Å². The van der Waals surface area contributed by atoms with E-state index in [2.05, 4.69) is 4.98 Å². The Morgan fingerprint density at radius 2 is 1.74 bits per heavy atom. The third kappa shape index (κ3) is 4.74. The average Bonchev–Trinajstić information content (AvgIpc) is 3.11. The Kier molecular flexibility index (Phi) is 5.57. The van der Waals surface area contributed by atoms with Gasteiger partial charge in [0.15, 0.2) is 5.69 Å². The van der Waals surface area contributed by atoms with Crippen molar-refractivity contribution >= 4 is 0 Å². The molecule has 0 bridgehead atoms. The Balaban J connectivity index is 1.76. The van der Waals surface area contributed by atoms with Crippen molar-refractivity contribution in [2.75, 3.05) is 6.61 Å². The lowest BCUT2D eigenvalue weighted by Gasteiger charge is -2.09. The van der Waals surface area contributed by atoms with E-state index in [-0.39, 0.29) is 19.0 Å². The van der Waals surface area contributed by atoms with Crippen LogP contribution in [0.4, 0.5) is 13.2 Å². The molecular formula is C20H16F3N3O. The number of rotatable bonds is 6. The summed E-state index contributed by atoms with van der Waals surface area (Å²) < 4.78 is 46.2. The summed E-state index contributed by atoms with van der Waals surface area (Å²) >= 11 is 0. The van der Waals surface area contributed by atoms with Crippen molar-refractivity contribution in [1.29, 1.82) is 5.26 Å². The van der Waals surface area contributed by atoms with Gasteiger partial charge in [0.2, 0.25) is 0 Å². The monoisotopic (exact) mass is 371 g/mol. The van der Waals surface area contributed by atoms with E-state index >= 15 is 0 Å². The van der Waals surface area contributed by atoms with Crippen molar-refractivity contribution in [2.45, 2.75) is 19.3 Å². The number of benzene rings is 2. The number of alkyl halides is 3. The van der Waals surface area contributed by atoms with Gasteiger partial charge >= 0.3 is 6.18 Å². The van der Waals surface area contributed by atoms with Gasteiger partial charge in [0.05, 0.1) is 24.8 Å². The van der Waals surface area contributed by atoms with E-state index in [0.717, 1.165) is 11.8 Å². The van der Waals surface area contributed by atoms with Gasteiger partial charge in [-0.1, -0.05) is 30.3 Å². The Bertz CT molecular complexity index is 926. The lowest BCUT2D eigenvalue weighted by Crippen LogP contribution is -2.07. The van der Waals surface area contributed by atoms with E-state index in [1.807, 2.05) is 36.4 Å². The molecule has 0 radical (unpaired) electrons. The first-order valence-electron chi connectivity index (χ1n) is 8.24. The topological polar surface area (TPSA) is 50.8 Å². The maximum Gasteiger partial charge on any atom is 0.434 e. The molecule has 0 spiro atoms. The van der Waals surface area contributed by atoms with Gasteiger partial charge in [-0.05, 0) is 29.8 Å². The van der Waals surface area contributed by atoms with E-state index in [1.165, 1.54) is 4.57 Å². The summed E-state index contributed by atoms with van der Waals surface area (Å²) in [4.78, 5) is 3.74. The van der Waals surface area contributed by atoms with Crippen molar-refractivity contribution in [2.24, 2.45) is 0 Å². The number of ether oxygens (including phenoxy) is 1. The van der Waals surface area contributed by atoms with Crippen LogP contribution in [-0.2, 0) is 24.1 Å². The van der Waals surface area contributed by atoms with Crippen LogP contribution in [0.2, 0.25) is 0 Å². The maximum atomic E-state index is 13.1. The smallest absolute Gasteiger partial charge is 0.375 e. The quantitative estimate of drug-likeness (QED) is 0.592. The normalized spacial score (nSPS) is 11.3. The van der Waals surface area contributed by atoms with Crippen molar-refractivity contribution < 1.29 is 17.9 Å². The molecule has 3 rings (SSSR count). The molecule has 3 aromatic rings. The van der Waals surface area contributed by atoms with Gasteiger partial charge in [-0.15, -0.1) is 0 Å². The van der Waals surface area contributed by atoms with Gasteiger partial charge in [-0.2, -0.15) is 18.4 Å². The second-order valence-electron chi connectivity index (χ2n) is 5.87. The highest BCUT2D eigenvalue weighted by atomic mass is 19.4. The second-order valence-corrected chi connectivity index (χ2v) is 5.87. The molecule has 0 aliphatic carbocycles. The number of hydrogen-bond acceptors (Lipinski definition) is 3. The van der Waals surface area contributed by atoms with Gasteiger partial charge < -0.3 is 9.30 Å². The maximum absolute atomic E-state index is 13.1. The molecule has 0 unspecified atom stereocenters. The van der Waals surface area contributed by atoms with E-state index in [9.17, 15) is 13.2 Å². The van der Waals surface area contributed by atoms with Crippen LogP contribution in [0.15, 0.2) is 60.8 Å². The summed E-state index contributed by atoms with van der Waals surface area (Å²) in [5.74, 6) is 0.190. The lowest BCUT2D eigenvalue weighted by molar-refractivity contribution is -0.140. The summed E-state index contributed by atoms with van der Waals surface area (Å²) in [6, 6.07) is 17.8. The highest BCUT2D eigenvalue weighted by molar-refractivity contribution is 5.57. The van der Waals surface area contributed by atoms with Crippen LogP contribution in [0.25, 0.3) is 11.4 Å². The second kappa shape index (κ2) is 8.06. The average molecular weight is 371 g/mol. The fourth-order valence-electron chi connectivity index (χ4n) is 2.57. The molecule has 0 atom stereocenters. The van der Waals surface area contributed by atoms with Crippen LogP contribution in [0.3, 0.4) is 0 Å². The molecule has 0 fully saturated rings. The summed E-state index contributed by atoms with van der Waals surface area (Å²) in [5, 5.41) is 8.87. The number of hydrogen-bond donors (Lipinski definition) is 0. The summed E-state index contributed by atoms with van der Waals surface area (Å²) in [6.07, 6.45) is -3.54. The van der Waals surface area contributed by atoms with Gasteiger partial charge in [0, 0.05) is 18.3 Å². The highest BCUT2D eigenvalue weighted by Crippen LogP contribution is 2.31. The molecule has 7 heteroatoms. The van der Waals surface area contributed by atoms with E-state index in [1.54, 1.807) is 24.3 Å². The van der Waals surface area contributed by atoms with Crippen LogP contribution in [0, 0.1) is 11.3 Å². The lowest BCUT2D eigenvalue weighted by atomic mass is 10.1. The van der Waals surface area contributed by atoms with Gasteiger partial charge in [0.1, 0.15) is 5.82 Å². The van der Waals surface area contributed by atoms with Crippen LogP contribution in [0.5, 0.6) is 0 Å². The summed E-state index contributed by atoms with van der Waals surface area (Å²) in [5.41, 5.74) is 0.975. The Labute approximate surface area is 154 Å². The van der Waals surface area contributed by atoms with Crippen molar-refractivity contribution in [3.05, 3.63) is 77.6 Å².